The van der Waals surface area contributed by atoms with Crippen molar-refractivity contribution in [1.82, 2.24) is 5.43 Å². The standard InChI is InChI=1S/C22H18Cl2N2O2/c1-15(22(27)26-25-14-19-20(23)8-5-9-21(19)24)28-18-12-10-17(11-13-18)16-6-3-2-4-7-16/h2-15H,1H3,(H,26,27). The first-order valence-corrected chi connectivity index (χ1v) is 9.39. The Morgan fingerprint density at radius 1 is 0.929 bits per heavy atom. The number of nitrogens with zero attached hydrogens (tertiary/aromatic N) is 1. The normalized spacial score (nSPS) is 12.0. The van der Waals surface area contributed by atoms with Crippen LogP contribution in [0.3, 0.4) is 0 Å². The molecular weight excluding hydrogens is 395 g/mol. The molecule has 28 heavy (non-hydrogen) atoms. The number of carbonyl (C=O) groups is 1. The zero-order chi connectivity index (χ0) is 19.9. The predicted octanol–water partition coefficient (Wildman–Crippen LogP) is 5.58. The van der Waals surface area contributed by atoms with Crippen LogP contribution >= 0.6 is 23.2 Å². The number of hydrogen-bond acceptors (Lipinski definition) is 3. The van der Waals surface area contributed by atoms with E-state index in [2.05, 4.69) is 10.5 Å². The van der Waals surface area contributed by atoms with E-state index in [9.17, 15) is 4.79 Å². The van der Waals surface area contributed by atoms with E-state index in [0.29, 0.717) is 21.4 Å². The predicted molar refractivity (Wildman–Crippen MR) is 114 cm³/mol. The molecule has 0 fully saturated rings. The molecule has 4 nitrogen and oxygen atoms in total. The fourth-order valence-electron chi connectivity index (χ4n) is 2.50. The van der Waals surface area contributed by atoms with Gasteiger partial charge in [-0.1, -0.05) is 71.7 Å². The van der Waals surface area contributed by atoms with Crippen LogP contribution in [0.1, 0.15) is 12.5 Å². The Hall–Kier alpha value is -2.82. The van der Waals surface area contributed by atoms with Gasteiger partial charge in [-0.25, -0.2) is 5.43 Å². The maximum Gasteiger partial charge on any atom is 0.280 e. The second kappa shape index (κ2) is 9.40. The number of benzene rings is 3. The average molecular weight is 413 g/mol. The Morgan fingerprint density at radius 2 is 1.54 bits per heavy atom. The van der Waals surface area contributed by atoms with Crippen molar-refractivity contribution in [3.05, 3.63) is 88.4 Å². The molecule has 0 aromatic heterocycles. The van der Waals surface area contributed by atoms with Crippen LogP contribution < -0.4 is 10.2 Å². The van der Waals surface area contributed by atoms with Crippen LogP contribution in [0.25, 0.3) is 11.1 Å². The van der Waals surface area contributed by atoms with Gasteiger partial charge in [0.2, 0.25) is 0 Å². The second-order valence-electron chi connectivity index (χ2n) is 6.02. The molecule has 0 spiro atoms. The molecule has 1 unspecified atom stereocenters. The first-order chi connectivity index (χ1) is 13.5. The number of ether oxygens (including phenoxy) is 1. The van der Waals surface area contributed by atoms with E-state index in [1.165, 1.54) is 6.21 Å². The van der Waals surface area contributed by atoms with Crippen molar-refractivity contribution in [2.75, 3.05) is 0 Å². The van der Waals surface area contributed by atoms with Crippen LogP contribution in [0.2, 0.25) is 10.0 Å². The van der Waals surface area contributed by atoms with Gasteiger partial charge in [-0.05, 0) is 42.3 Å². The first kappa shape index (κ1) is 19.9. The van der Waals surface area contributed by atoms with Gasteiger partial charge >= 0.3 is 0 Å². The molecule has 1 N–H and O–H groups in total. The van der Waals surface area contributed by atoms with E-state index in [-0.39, 0.29) is 5.91 Å². The Balaban J connectivity index is 1.57. The van der Waals surface area contributed by atoms with Gasteiger partial charge in [-0.2, -0.15) is 5.10 Å². The Morgan fingerprint density at radius 3 is 2.18 bits per heavy atom. The molecule has 0 aliphatic carbocycles. The lowest BCUT2D eigenvalue weighted by Crippen LogP contribution is -2.33. The molecule has 0 saturated heterocycles. The fourth-order valence-corrected chi connectivity index (χ4v) is 2.99. The van der Waals surface area contributed by atoms with Crippen LogP contribution in [-0.4, -0.2) is 18.2 Å². The zero-order valence-corrected chi connectivity index (χ0v) is 16.6. The highest BCUT2D eigenvalue weighted by Crippen LogP contribution is 2.23. The van der Waals surface area contributed by atoms with E-state index in [1.54, 1.807) is 25.1 Å². The van der Waals surface area contributed by atoms with Crippen molar-refractivity contribution < 1.29 is 9.53 Å². The van der Waals surface area contributed by atoms with Gasteiger partial charge < -0.3 is 4.74 Å². The molecule has 0 aliphatic heterocycles. The molecule has 3 aromatic rings. The molecule has 1 amide bonds. The van der Waals surface area contributed by atoms with Gasteiger partial charge in [0.15, 0.2) is 6.10 Å². The maximum absolute atomic E-state index is 12.2. The maximum atomic E-state index is 12.2. The van der Waals surface area contributed by atoms with Gasteiger partial charge in [0, 0.05) is 5.56 Å². The molecule has 6 heteroatoms. The van der Waals surface area contributed by atoms with E-state index >= 15 is 0 Å². The third kappa shape index (κ3) is 5.12. The molecule has 1 atom stereocenters. The minimum absolute atomic E-state index is 0.383. The van der Waals surface area contributed by atoms with Gasteiger partial charge in [0.1, 0.15) is 5.75 Å². The van der Waals surface area contributed by atoms with Gasteiger partial charge in [-0.15, -0.1) is 0 Å². The average Bonchev–Trinajstić information content (AvgIpc) is 2.71. The summed E-state index contributed by atoms with van der Waals surface area (Å²) in [5, 5.41) is 4.81. The Bertz CT molecular complexity index is 953. The summed E-state index contributed by atoms with van der Waals surface area (Å²) in [6.07, 6.45) is 0.686. The van der Waals surface area contributed by atoms with Crippen LogP contribution in [0.4, 0.5) is 0 Å². The lowest BCUT2D eigenvalue weighted by Gasteiger charge is -2.13. The number of carbonyl (C=O) groups excluding carboxylic acids is 1. The summed E-state index contributed by atoms with van der Waals surface area (Å²) in [6.45, 7) is 1.65. The minimum Gasteiger partial charge on any atom is -0.481 e. The minimum atomic E-state index is -0.721. The Kier molecular flexibility index (Phi) is 6.69. The summed E-state index contributed by atoms with van der Waals surface area (Å²) in [5.41, 5.74) is 5.16. The van der Waals surface area contributed by atoms with E-state index in [1.807, 2.05) is 54.6 Å². The highest BCUT2D eigenvalue weighted by atomic mass is 35.5. The number of rotatable bonds is 6. The molecule has 0 bridgehead atoms. The van der Waals surface area contributed by atoms with Crippen LogP contribution in [0, 0.1) is 0 Å². The summed E-state index contributed by atoms with van der Waals surface area (Å²) in [6, 6.07) is 22.7. The molecule has 142 valence electrons. The van der Waals surface area contributed by atoms with Crippen LogP contribution in [0.5, 0.6) is 5.75 Å². The molecule has 0 aliphatic rings. The number of amides is 1. The highest BCUT2D eigenvalue weighted by molar-refractivity contribution is 6.38. The van der Waals surface area contributed by atoms with Gasteiger partial charge in [-0.3, -0.25) is 4.79 Å². The van der Waals surface area contributed by atoms with E-state index < -0.39 is 6.10 Å². The third-order valence-electron chi connectivity index (χ3n) is 4.01. The first-order valence-electron chi connectivity index (χ1n) is 8.63. The number of nitrogens with one attached hydrogen (secondary N) is 1. The largest absolute Gasteiger partial charge is 0.481 e. The van der Waals surface area contributed by atoms with Crippen LogP contribution in [0.15, 0.2) is 77.9 Å². The monoisotopic (exact) mass is 412 g/mol. The van der Waals surface area contributed by atoms with Gasteiger partial charge in [0.05, 0.1) is 16.3 Å². The number of hydrazone groups is 1. The summed E-state index contributed by atoms with van der Waals surface area (Å²) < 4.78 is 5.68. The lowest BCUT2D eigenvalue weighted by atomic mass is 10.1. The van der Waals surface area contributed by atoms with Crippen molar-refractivity contribution in [1.29, 1.82) is 0 Å². The summed E-state index contributed by atoms with van der Waals surface area (Å²) in [7, 11) is 0. The summed E-state index contributed by atoms with van der Waals surface area (Å²) in [5.74, 6) is 0.215. The zero-order valence-electron chi connectivity index (χ0n) is 15.1. The third-order valence-corrected chi connectivity index (χ3v) is 4.67. The molecule has 0 radical (unpaired) electrons. The van der Waals surface area contributed by atoms with Crippen molar-refractivity contribution >= 4 is 35.3 Å². The van der Waals surface area contributed by atoms with Crippen molar-refractivity contribution in [2.24, 2.45) is 5.10 Å². The molecule has 0 saturated carbocycles. The molecule has 3 aromatic carbocycles. The second-order valence-corrected chi connectivity index (χ2v) is 6.83. The quantitative estimate of drug-likeness (QED) is 0.424. The van der Waals surface area contributed by atoms with Crippen molar-refractivity contribution in [3.63, 3.8) is 0 Å². The van der Waals surface area contributed by atoms with E-state index in [0.717, 1.165) is 11.1 Å². The lowest BCUT2D eigenvalue weighted by molar-refractivity contribution is -0.127. The van der Waals surface area contributed by atoms with Gasteiger partial charge in [0.25, 0.3) is 5.91 Å². The molecular formula is C22H18Cl2N2O2. The topological polar surface area (TPSA) is 50.7 Å². The van der Waals surface area contributed by atoms with E-state index in [4.69, 9.17) is 27.9 Å². The molecule has 3 rings (SSSR count). The summed E-state index contributed by atoms with van der Waals surface area (Å²) >= 11 is 12.1. The smallest absolute Gasteiger partial charge is 0.280 e. The highest BCUT2D eigenvalue weighted by Gasteiger charge is 2.14. The van der Waals surface area contributed by atoms with Crippen LogP contribution in [-0.2, 0) is 4.79 Å². The number of halogens is 2. The van der Waals surface area contributed by atoms with Crippen molar-refractivity contribution in [3.8, 4) is 16.9 Å². The van der Waals surface area contributed by atoms with Crippen molar-refractivity contribution in [2.45, 2.75) is 13.0 Å². The summed E-state index contributed by atoms with van der Waals surface area (Å²) in [4.78, 5) is 12.2. The number of hydrogen-bond donors (Lipinski definition) is 1. The Labute approximate surface area is 173 Å². The SMILES string of the molecule is CC(Oc1ccc(-c2ccccc2)cc1)C(=O)NN=Cc1c(Cl)cccc1Cl. The molecule has 0 heterocycles. The fraction of sp³-hybridized carbons (Fsp3) is 0.0909.